The maximum atomic E-state index is 12.7. The summed E-state index contributed by atoms with van der Waals surface area (Å²) < 4.78 is 3.88. The third-order valence-electron chi connectivity index (χ3n) is 4.79. The van der Waals surface area contributed by atoms with Crippen molar-refractivity contribution in [1.82, 2.24) is 14.4 Å². The lowest BCUT2D eigenvalue weighted by molar-refractivity contribution is -0.676. The minimum absolute atomic E-state index is 0.261. The predicted octanol–water partition coefficient (Wildman–Crippen LogP) is 1.80. The average Bonchev–Trinajstić information content (AvgIpc) is 3.04. The molecule has 2 aromatic rings. The number of likely N-dealkylation sites (N-methyl/N-ethyl adjacent to an activating group) is 2. The van der Waals surface area contributed by atoms with E-state index < -0.39 is 6.04 Å². The van der Waals surface area contributed by atoms with Gasteiger partial charge in [0.05, 0.1) is 0 Å². The van der Waals surface area contributed by atoms with Gasteiger partial charge in [0.1, 0.15) is 17.6 Å². The summed E-state index contributed by atoms with van der Waals surface area (Å²) in [7, 11) is 3.15. The second kappa shape index (κ2) is 5.02. The number of aliphatic imine (C=N–C) groups is 1. The molecule has 1 atom stereocenters. The lowest BCUT2D eigenvalue weighted by atomic mass is 10.1. The Balaban J connectivity index is 1.93. The fourth-order valence-corrected chi connectivity index (χ4v) is 3.66. The van der Waals surface area contributed by atoms with Crippen molar-refractivity contribution < 1.29 is 14.2 Å². The lowest BCUT2D eigenvalue weighted by Gasteiger charge is -2.30. The summed E-state index contributed by atoms with van der Waals surface area (Å²) in [6, 6.07) is 5.35. The van der Waals surface area contributed by atoms with Crippen molar-refractivity contribution in [2.24, 2.45) is 4.99 Å². The number of aryl methyl sites for hydroxylation is 3. The Hall–Kier alpha value is -2.96. The molecule has 7 nitrogen and oxygen atoms in total. The van der Waals surface area contributed by atoms with Gasteiger partial charge in [-0.15, -0.1) is 0 Å². The average molecular weight is 338 g/mol. The molecule has 25 heavy (non-hydrogen) atoms. The fourth-order valence-electron chi connectivity index (χ4n) is 3.66. The van der Waals surface area contributed by atoms with Crippen LogP contribution in [0.1, 0.15) is 22.9 Å². The molecule has 0 spiro atoms. The van der Waals surface area contributed by atoms with Crippen LogP contribution in [0.4, 0.5) is 10.7 Å². The van der Waals surface area contributed by atoms with E-state index in [1.165, 1.54) is 11.9 Å². The van der Waals surface area contributed by atoms with Crippen molar-refractivity contribution in [3.8, 4) is 5.69 Å². The van der Waals surface area contributed by atoms with E-state index in [0.29, 0.717) is 11.8 Å². The van der Waals surface area contributed by atoms with Crippen LogP contribution in [0.25, 0.3) is 5.69 Å². The van der Waals surface area contributed by atoms with Crippen molar-refractivity contribution in [3.63, 3.8) is 0 Å². The molecule has 0 radical (unpaired) electrons. The molecule has 0 N–H and O–H groups in total. The second-order valence-corrected chi connectivity index (χ2v) is 6.77. The highest BCUT2D eigenvalue weighted by atomic mass is 16.2. The number of rotatable bonds is 1. The Morgan fingerprint density at radius 3 is 2.28 bits per heavy atom. The van der Waals surface area contributed by atoms with Gasteiger partial charge in [-0.25, -0.2) is 9.36 Å². The molecular formula is C18H20N5O2+. The first-order valence-corrected chi connectivity index (χ1v) is 8.15. The monoisotopic (exact) mass is 338 g/mol. The molecule has 0 aliphatic carbocycles. The quantitative estimate of drug-likeness (QED) is 0.745. The molecule has 1 aromatic carbocycles. The molecule has 7 heteroatoms. The number of nitrogens with zero attached hydrogens (tertiary/aromatic N) is 5. The number of amidine groups is 1. The summed E-state index contributed by atoms with van der Waals surface area (Å²) >= 11 is 0. The summed E-state index contributed by atoms with van der Waals surface area (Å²) in [5, 5.41) is 0. The summed E-state index contributed by atoms with van der Waals surface area (Å²) in [6.07, 6.45) is 1.92. The number of aromatic nitrogens is 2. The van der Waals surface area contributed by atoms with Gasteiger partial charge in [-0.05, 0) is 44.0 Å². The lowest BCUT2D eigenvalue weighted by Crippen LogP contribution is -2.61. The van der Waals surface area contributed by atoms with Gasteiger partial charge in [0, 0.05) is 14.1 Å². The molecule has 3 amide bonds. The molecule has 1 aromatic heterocycles. The van der Waals surface area contributed by atoms with Gasteiger partial charge in [-0.2, -0.15) is 4.57 Å². The first-order chi connectivity index (χ1) is 11.8. The van der Waals surface area contributed by atoms with Gasteiger partial charge >= 0.3 is 12.0 Å². The molecule has 1 unspecified atom stereocenters. The van der Waals surface area contributed by atoms with Gasteiger partial charge in [-0.3, -0.25) is 14.6 Å². The normalized spacial score (nSPS) is 19.2. The van der Waals surface area contributed by atoms with Crippen LogP contribution in [0.3, 0.4) is 0 Å². The van der Waals surface area contributed by atoms with Crippen LogP contribution in [-0.4, -0.2) is 46.2 Å². The van der Waals surface area contributed by atoms with Crippen LogP contribution in [0.2, 0.25) is 0 Å². The van der Waals surface area contributed by atoms with Crippen molar-refractivity contribution in [3.05, 3.63) is 41.2 Å². The van der Waals surface area contributed by atoms with E-state index in [1.807, 2.05) is 22.3 Å². The zero-order valence-corrected chi connectivity index (χ0v) is 14.9. The predicted molar refractivity (Wildman–Crippen MR) is 92.2 cm³/mol. The van der Waals surface area contributed by atoms with Crippen LogP contribution >= 0.6 is 0 Å². The van der Waals surface area contributed by atoms with Crippen LogP contribution < -0.4 is 4.57 Å². The molecule has 1 fully saturated rings. The van der Waals surface area contributed by atoms with Crippen LogP contribution in [0, 0.1) is 20.8 Å². The highest BCUT2D eigenvalue weighted by Crippen LogP contribution is 2.31. The van der Waals surface area contributed by atoms with Crippen LogP contribution in [0.15, 0.2) is 29.4 Å². The van der Waals surface area contributed by atoms with E-state index >= 15 is 0 Å². The van der Waals surface area contributed by atoms with E-state index in [4.69, 9.17) is 0 Å². The number of benzene rings is 1. The van der Waals surface area contributed by atoms with E-state index in [2.05, 4.69) is 37.0 Å². The standard InChI is InChI=1S/C18H20N5O2/c1-10-6-11(2)8-13(7-10)23-12(3)9-22-14-15(19-17(22)23)20(4)18(25)21(5)16(14)24/h6-9,14H,1-5H3/q+1. The Bertz CT molecular complexity index is 952. The largest absolute Gasteiger partial charge is 0.406 e. The number of fused-ring (bicyclic) bond motifs is 3. The molecule has 4 rings (SSSR count). The highest BCUT2D eigenvalue weighted by Gasteiger charge is 2.52. The molecule has 2 aliphatic heterocycles. The zero-order chi connectivity index (χ0) is 18.0. The molecular weight excluding hydrogens is 318 g/mol. The number of hydrogen-bond acceptors (Lipinski definition) is 3. The number of carbonyl (C=O) groups is 2. The van der Waals surface area contributed by atoms with Gasteiger partial charge in [-0.1, -0.05) is 11.1 Å². The van der Waals surface area contributed by atoms with E-state index in [1.54, 1.807) is 7.05 Å². The van der Waals surface area contributed by atoms with Gasteiger partial charge in [0.2, 0.25) is 11.9 Å². The van der Waals surface area contributed by atoms with Gasteiger partial charge < -0.3 is 0 Å². The second-order valence-electron chi connectivity index (χ2n) is 6.77. The number of carbonyl (C=O) groups excluding carboxylic acids is 2. The first kappa shape index (κ1) is 15.6. The summed E-state index contributed by atoms with van der Waals surface area (Å²) in [6.45, 7) is 6.10. The first-order valence-electron chi connectivity index (χ1n) is 8.15. The van der Waals surface area contributed by atoms with Crippen molar-refractivity contribution in [2.75, 3.05) is 14.1 Å². The van der Waals surface area contributed by atoms with Crippen molar-refractivity contribution >= 4 is 23.7 Å². The summed E-state index contributed by atoms with van der Waals surface area (Å²) in [5.74, 6) is 0.871. The molecule has 2 aliphatic rings. The SMILES string of the molecule is Cc1cc(C)cc(-n2c(C)c[n+]3c2N=C2C3C(=O)N(C)C(=O)N2C)c1. The number of imide groups is 1. The Kier molecular flexibility index (Phi) is 3.12. The van der Waals surface area contributed by atoms with Crippen LogP contribution in [0.5, 0.6) is 0 Å². The summed E-state index contributed by atoms with van der Waals surface area (Å²) in [4.78, 5) is 32.1. The maximum absolute atomic E-state index is 12.7. The molecule has 0 saturated carbocycles. The number of urea groups is 1. The van der Waals surface area contributed by atoms with E-state index in [0.717, 1.165) is 27.4 Å². The minimum atomic E-state index is -0.589. The molecule has 1 saturated heterocycles. The molecule has 0 bridgehead atoms. The number of amides is 3. The topological polar surface area (TPSA) is 61.8 Å². The number of imidazole rings is 1. The Labute approximate surface area is 145 Å². The fraction of sp³-hybridized carbons (Fsp3) is 0.333. The maximum Gasteiger partial charge on any atom is 0.406 e. The third-order valence-corrected chi connectivity index (χ3v) is 4.79. The van der Waals surface area contributed by atoms with Gasteiger partial charge in [0.25, 0.3) is 5.91 Å². The highest BCUT2D eigenvalue weighted by molar-refractivity contribution is 6.18. The van der Waals surface area contributed by atoms with Crippen molar-refractivity contribution in [1.29, 1.82) is 0 Å². The summed E-state index contributed by atoms with van der Waals surface area (Å²) in [5.41, 5.74) is 4.31. The Morgan fingerprint density at radius 2 is 1.64 bits per heavy atom. The van der Waals surface area contributed by atoms with Gasteiger partial charge in [0.15, 0.2) is 0 Å². The zero-order valence-electron chi connectivity index (χ0n) is 14.9. The minimum Gasteiger partial charge on any atom is -0.270 e. The Morgan fingerprint density at radius 1 is 1.00 bits per heavy atom. The van der Waals surface area contributed by atoms with Crippen molar-refractivity contribution in [2.45, 2.75) is 26.8 Å². The van der Waals surface area contributed by atoms with E-state index in [-0.39, 0.29) is 11.9 Å². The number of hydrogen-bond donors (Lipinski definition) is 0. The third kappa shape index (κ3) is 2.05. The van der Waals surface area contributed by atoms with Crippen LogP contribution in [-0.2, 0) is 4.79 Å². The molecule has 128 valence electrons. The van der Waals surface area contributed by atoms with E-state index in [9.17, 15) is 9.59 Å². The smallest absolute Gasteiger partial charge is 0.270 e. The molecule has 3 heterocycles.